The van der Waals surface area contributed by atoms with Gasteiger partial charge in [-0.3, -0.25) is 9.69 Å². The molecule has 5 nitrogen and oxygen atoms in total. The van der Waals surface area contributed by atoms with Crippen LogP contribution >= 0.6 is 11.6 Å². The lowest BCUT2D eigenvalue weighted by Crippen LogP contribution is -2.47. The number of carbonyl (C=O) groups excluding carboxylic acids is 1. The van der Waals surface area contributed by atoms with Gasteiger partial charge in [0.25, 0.3) is 0 Å². The molecule has 2 aliphatic rings. The van der Waals surface area contributed by atoms with Crippen molar-refractivity contribution in [3.8, 4) is 0 Å². The summed E-state index contributed by atoms with van der Waals surface area (Å²) in [5.41, 5.74) is 0.403. The van der Waals surface area contributed by atoms with Crippen molar-refractivity contribution in [1.82, 2.24) is 14.9 Å². The number of halogens is 1. The Bertz CT molecular complexity index is 470. The number of hydrogen-bond acceptors (Lipinski definition) is 5. The molecular weight excluding hydrogens is 264 g/mol. The van der Waals surface area contributed by atoms with Crippen molar-refractivity contribution in [2.24, 2.45) is 5.92 Å². The Morgan fingerprint density at radius 3 is 2.63 bits per heavy atom. The van der Waals surface area contributed by atoms with Gasteiger partial charge in [0.2, 0.25) is 0 Å². The number of carbonyl (C=O) groups is 1. The lowest BCUT2D eigenvalue weighted by molar-refractivity contribution is 0.112. The van der Waals surface area contributed by atoms with Crippen LogP contribution in [-0.2, 0) is 0 Å². The van der Waals surface area contributed by atoms with Gasteiger partial charge in [0.1, 0.15) is 17.3 Å². The monoisotopic (exact) mass is 280 g/mol. The molecular formula is C13H17ClN4O. The van der Waals surface area contributed by atoms with Crippen molar-refractivity contribution in [3.05, 3.63) is 17.0 Å². The number of aromatic nitrogens is 2. The summed E-state index contributed by atoms with van der Waals surface area (Å²) >= 11 is 5.94. The molecule has 0 unspecified atom stereocenters. The van der Waals surface area contributed by atoms with E-state index in [2.05, 4.69) is 19.8 Å². The summed E-state index contributed by atoms with van der Waals surface area (Å²) in [6.07, 6.45) is 4.93. The van der Waals surface area contributed by atoms with Gasteiger partial charge < -0.3 is 4.90 Å². The van der Waals surface area contributed by atoms with E-state index in [-0.39, 0.29) is 5.15 Å². The maximum atomic E-state index is 11.1. The molecule has 102 valence electrons. The van der Waals surface area contributed by atoms with E-state index in [9.17, 15) is 4.79 Å². The molecule has 0 radical (unpaired) electrons. The van der Waals surface area contributed by atoms with Crippen LogP contribution in [0.5, 0.6) is 0 Å². The van der Waals surface area contributed by atoms with Crippen LogP contribution in [-0.4, -0.2) is 53.9 Å². The highest BCUT2D eigenvalue weighted by molar-refractivity contribution is 6.32. The zero-order valence-electron chi connectivity index (χ0n) is 10.8. The standard InChI is InChI=1S/C13H17ClN4O/c14-12-11(8-19)13(16-9-15-12)18-5-3-17(4-6-18)7-10-1-2-10/h8-10H,1-7H2. The lowest BCUT2D eigenvalue weighted by atomic mass is 10.2. The highest BCUT2D eigenvalue weighted by Gasteiger charge is 2.27. The van der Waals surface area contributed by atoms with Crippen molar-refractivity contribution >= 4 is 23.7 Å². The summed E-state index contributed by atoms with van der Waals surface area (Å²) in [6.45, 7) is 5.05. The lowest BCUT2D eigenvalue weighted by Gasteiger charge is -2.35. The summed E-state index contributed by atoms with van der Waals surface area (Å²) in [5, 5.41) is 0.236. The quantitative estimate of drug-likeness (QED) is 0.618. The zero-order valence-corrected chi connectivity index (χ0v) is 11.5. The normalized spacial score (nSPS) is 20.6. The van der Waals surface area contributed by atoms with Gasteiger partial charge in [-0.15, -0.1) is 0 Å². The van der Waals surface area contributed by atoms with Gasteiger partial charge in [-0.25, -0.2) is 9.97 Å². The van der Waals surface area contributed by atoms with E-state index in [4.69, 9.17) is 11.6 Å². The predicted molar refractivity (Wildman–Crippen MR) is 73.8 cm³/mol. The summed E-state index contributed by atoms with van der Waals surface area (Å²) in [6, 6.07) is 0. The number of aldehydes is 1. The molecule has 0 aromatic carbocycles. The van der Waals surface area contributed by atoms with Crippen LogP contribution in [0.1, 0.15) is 23.2 Å². The SMILES string of the molecule is O=Cc1c(Cl)ncnc1N1CCN(CC2CC2)CC1. The molecule has 0 spiro atoms. The Morgan fingerprint density at radius 1 is 1.26 bits per heavy atom. The number of nitrogens with zero attached hydrogens (tertiary/aromatic N) is 4. The van der Waals surface area contributed by atoms with Crippen molar-refractivity contribution in [3.63, 3.8) is 0 Å². The first-order chi connectivity index (χ1) is 9.28. The third-order valence-corrected chi connectivity index (χ3v) is 4.12. The average molecular weight is 281 g/mol. The fourth-order valence-electron chi connectivity index (χ4n) is 2.53. The second-order valence-corrected chi connectivity index (χ2v) is 5.61. The minimum absolute atomic E-state index is 0.236. The third kappa shape index (κ3) is 2.87. The van der Waals surface area contributed by atoms with E-state index in [1.807, 2.05) is 0 Å². The van der Waals surface area contributed by atoms with Gasteiger partial charge in [0.15, 0.2) is 6.29 Å². The fraction of sp³-hybridized carbons (Fsp3) is 0.615. The molecule has 1 aromatic heterocycles. The smallest absolute Gasteiger partial charge is 0.156 e. The maximum Gasteiger partial charge on any atom is 0.156 e. The maximum absolute atomic E-state index is 11.1. The molecule has 19 heavy (non-hydrogen) atoms. The second-order valence-electron chi connectivity index (χ2n) is 5.25. The van der Waals surface area contributed by atoms with E-state index in [1.165, 1.54) is 25.7 Å². The van der Waals surface area contributed by atoms with E-state index in [0.717, 1.165) is 38.4 Å². The molecule has 6 heteroatoms. The van der Waals surface area contributed by atoms with Crippen LogP contribution in [0, 0.1) is 5.92 Å². The van der Waals surface area contributed by atoms with E-state index in [0.29, 0.717) is 11.4 Å². The second kappa shape index (κ2) is 5.43. The molecule has 1 saturated heterocycles. The Labute approximate surface area is 117 Å². The number of hydrogen-bond donors (Lipinski definition) is 0. The molecule has 0 bridgehead atoms. The average Bonchev–Trinajstić information content (AvgIpc) is 3.23. The van der Waals surface area contributed by atoms with Crippen molar-refractivity contribution in [2.75, 3.05) is 37.6 Å². The van der Waals surface area contributed by atoms with Gasteiger partial charge in [-0.1, -0.05) is 11.6 Å². The van der Waals surface area contributed by atoms with E-state index >= 15 is 0 Å². The highest BCUT2D eigenvalue weighted by Crippen LogP contribution is 2.30. The zero-order chi connectivity index (χ0) is 13.2. The van der Waals surface area contributed by atoms with E-state index in [1.54, 1.807) is 0 Å². The number of anilines is 1. The first-order valence-electron chi connectivity index (χ1n) is 6.71. The Morgan fingerprint density at radius 2 is 2.00 bits per heavy atom. The fourth-order valence-corrected chi connectivity index (χ4v) is 2.70. The molecule has 1 saturated carbocycles. The number of piperazine rings is 1. The van der Waals surface area contributed by atoms with Crippen LogP contribution in [0.25, 0.3) is 0 Å². The predicted octanol–water partition coefficient (Wildman–Crippen LogP) is 1.47. The molecule has 0 amide bonds. The minimum Gasteiger partial charge on any atom is -0.353 e. The van der Waals surface area contributed by atoms with Crippen molar-refractivity contribution in [2.45, 2.75) is 12.8 Å². The van der Waals surface area contributed by atoms with Gasteiger partial charge in [0, 0.05) is 32.7 Å². The molecule has 0 atom stereocenters. The molecule has 1 aliphatic heterocycles. The largest absolute Gasteiger partial charge is 0.353 e. The molecule has 3 rings (SSSR count). The van der Waals surface area contributed by atoms with Gasteiger partial charge in [-0.2, -0.15) is 0 Å². The molecule has 2 fully saturated rings. The Hall–Kier alpha value is -1.20. The van der Waals surface area contributed by atoms with Gasteiger partial charge in [0.05, 0.1) is 5.56 Å². The topological polar surface area (TPSA) is 49.3 Å². The Kier molecular flexibility index (Phi) is 3.66. The first kappa shape index (κ1) is 12.8. The third-order valence-electron chi connectivity index (χ3n) is 3.82. The first-order valence-corrected chi connectivity index (χ1v) is 7.08. The van der Waals surface area contributed by atoms with Crippen molar-refractivity contribution in [1.29, 1.82) is 0 Å². The van der Waals surface area contributed by atoms with Gasteiger partial charge in [-0.05, 0) is 18.8 Å². The van der Waals surface area contributed by atoms with Gasteiger partial charge >= 0.3 is 0 Å². The van der Waals surface area contributed by atoms with Crippen LogP contribution in [0.3, 0.4) is 0 Å². The van der Waals surface area contributed by atoms with Crippen LogP contribution < -0.4 is 4.90 Å². The van der Waals surface area contributed by atoms with Crippen LogP contribution in [0.4, 0.5) is 5.82 Å². The minimum atomic E-state index is 0.236. The molecule has 2 heterocycles. The van der Waals surface area contributed by atoms with Crippen molar-refractivity contribution < 1.29 is 4.79 Å². The Balaban J connectivity index is 1.67. The highest BCUT2D eigenvalue weighted by atomic mass is 35.5. The summed E-state index contributed by atoms with van der Waals surface area (Å²) in [5.74, 6) is 1.59. The van der Waals surface area contributed by atoms with Crippen LogP contribution in [0.2, 0.25) is 5.15 Å². The summed E-state index contributed by atoms with van der Waals surface area (Å²) < 4.78 is 0. The summed E-state index contributed by atoms with van der Waals surface area (Å²) in [4.78, 5) is 23.8. The van der Waals surface area contributed by atoms with Crippen LogP contribution in [0.15, 0.2) is 6.33 Å². The molecule has 1 aliphatic carbocycles. The molecule has 1 aromatic rings. The number of rotatable bonds is 4. The van der Waals surface area contributed by atoms with E-state index < -0.39 is 0 Å². The molecule has 0 N–H and O–H groups in total. The summed E-state index contributed by atoms with van der Waals surface area (Å²) in [7, 11) is 0.